The summed E-state index contributed by atoms with van der Waals surface area (Å²) in [5.41, 5.74) is 4.74. The number of aromatic hydroxyl groups is 1. The van der Waals surface area contributed by atoms with Crippen LogP contribution in [0.4, 0.5) is 5.69 Å². The van der Waals surface area contributed by atoms with Crippen molar-refractivity contribution < 1.29 is 14.6 Å². The molecule has 1 amide bonds. The van der Waals surface area contributed by atoms with Crippen LogP contribution in [0.5, 0.6) is 11.5 Å². The van der Waals surface area contributed by atoms with E-state index in [1.165, 1.54) is 6.21 Å². The number of phenolic OH excluding ortho intramolecular Hbond substituents is 1. The van der Waals surface area contributed by atoms with E-state index in [9.17, 15) is 9.90 Å². The minimum Gasteiger partial charge on any atom is -0.507 e. The lowest BCUT2D eigenvalue weighted by atomic mass is 10.2. The predicted molar refractivity (Wildman–Crippen MR) is 114 cm³/mol. The molecule has 0 saturated carbocycles. The Kier molecular flexibility index (Phi) is 7.70. The molecule has 28 heavy (non-hydrogen) atoms. The average molecular weight is 404 g/mol. The lowest BCUT2D eigenvalue weighted by Crippen LogP contribution is -2.33. The number of carbonyl (C=O) groups is 1. The third-order valence-corrected chi connectivity index (χ3v) is 4.76. The van der Waals surface area contributed by atoms with Crippen LogP contribution in [-0.4, -0.2) is 36.4 Å². The summed E-state index contributed by atoms with van der Waals surface area (Å²) in [6, 6.07) is 10.5. The standard InChI is InChI=1S/C21H26ClN3O3/c1-5-25(6-2)17-8-7-16(20(26)12-17)13-23-24-21(27)15(4)28-18-9-10-19(22)14(3)11-18/h7-13,15,26H,5-6H2,1-4H3,(H,24,27)/b23-13+. The number of benzene rings is 2. The third kappa shape index (κ3) is 5.63. The van der Waals surface area contributed by atoms with Gasteiger partial charge in [0.1, 0.15) is 11.5 Å². The first-order chi connectivity index (χ1) is 13.3. The highest BCUT2D eigenvalue weighted by atomic mass is 35.5. The van der Waals surface area contributed by atoms with Gasteiger partial charge in [-0.3, -0.25) is 4.79 Å². The maximum Gasteiger partial charge on any atom is 0.280 e. The second-order valence-corrected chi connectivity index (χ2v) is 6.73. The van der Waals surface area contributed by atoms with Crippen molar-refractivity contribution in [3.8, 4) is 11.5 Å². The first kappa shape index (κ1) is 21.6. The van der Waals surface area contributed by atoms with E-state index in [1.807, 2.05) is 13.0 Å². The van der Waals surface area contributed by atoms with E-state index in [-0.39, 0.29) is 5.75 Å². The van der Waals surface area contributed by atoms with Crippen LogP contribution in [0.25, 0.3) is 0 Å². The molecular formula is C21H26ClN3O3. The van der Waals surface area contributed by atoms with E-state index in [2.05, 4.69) is 29.3 Å². The summed E-state index contributed by atoms with van der Waals surface area (Å²) < 4.78 is 5.61. The highest BCUT2D eigenvalue weighted by Gasteiger charge is 2.14. The SMILES string of the molecule is CCN(CC)c1ccc(/C=N/NC(=O)C(C)Oc2ccc(Cl)c(C)c2)c(O)c1. The molecule has 0 saturated heterocycles. The number of hydrogen-bond acceptors (Lipinski definition) is 5. The normalized spacial score (nSPS) is 12.0. The van der Waals surface area contributed by atoms with Gasteiger partial charge in [-0.25, -0.2) is 5.43 Å². The van der Waals surface area contributed by atoms with Crippen molar-refractivity contribution >= 4 is 29.4 Å². The number of aryl methyl sites for hydroxylation is 1. The molecule has 0 radical (unpaired) electrons. The van der Waals surface area contributed by atoms with Gasteiger partial charge in [0.25, 0.3) is 5.91 Å². The molecule has 7 heteroatoms. The Labute approximate surface area is 170 Å². The molecule has 2 rings (SSSR count). The number of rotatable bonds is 8. The van der Waals surface area contributed by atoms with Crippen LogP contribution < -0.4 is 15.1 Å². The Morgan fingerprint density at radius 3 is 2.61 bits per heavy atom. The number of halogens is 1. The summed E-state index contributed by atoms with van der Waals surface area (Å²) in [6.45, 7) is 9.31. The quantitative estimate of drug-likeness (QED) is 0.513. The Balaban J connectivity index is 1.95. The van der Waals surface area contributed by atoms with Gasteiger partial charge in [-0.05, 0) is 63.6 Å². The zero-order chi connectivity index (χ0) is 20.7. The molecule has 2 aromatic carbocycles. The highest BCUT2D eigenvalue weighted by molar-refractivity contribution is 6.31. The van der Waals surface area contributed by atoms with Gasteiger partial charge in [-0.15, -0.1) is 0 Å². The summed E-state index contributed by atoms with van der Waals surface area (Å²) in [7, 11) is 0. The van der Waals surface area contributed by atoms with Crippen molar-refractivity contribution in [2.24, 2.45) is 5.10 Å². The largest absolute Gasteiger partial charge is 0.507 e. The number of hydrogen-bond donors (Lipinski definition) is 2. The summed E-state index contributed by atoms with van der Waals surface area (Å²) in [4.78, 5) is 14.3. The molecule has 1 atom stereocenters. The Morgan fingerprint density at radius 2 is 2.00 bits per heavy atom. The molecule has 1 unspecified atom stereocenters. The van der Waals surface area contributed by atoms with E-state index in [4.69, 9.17) is 16.3 Å². The molecule has 150 valence electrons. The Morgan fingerprint density at radius 1 is 1.29 bits per heavy atom. The van der Waals surface area contributed by atoms with Crippen LogP contribution in [0, 0.1) is 6.92 Å². The van der Waals surface area contributed by atoms with Crippen molar-refractivity contribution in [3.63, 3.8) is 0 Å². The van der Waals surface area contributed by atoms with Gasteiger partial charge in [0.15, 0.2) is 6.10 Å². The number of nitrogens with one attached hydrogen (secondary N) is 1. The zero-order valence-corrected chi connectivity index (χ0v) is 17.3. The molecule has 0 aliphatic rings. The van der Waals surface area contributed by atoms with Gasteiger partial charge < -0.3 is 14.7 Å². The van der Waals surface area contributed by atoms with Crippen molar-refractivity contribution in [2.45, 2.75) is 33.8 Å². The Bertz CT molecular complexity index is 851. The molecule has 0 aliphatic carbocycles. The second kappa shape index (κ2) is 9.99. The minimum atomic E-state index is -0.739. The van der Waals surface area contributed by atoms with Gasteiger partial charge in [-0.2, -0.15) is 5.10 Å². The number of ether oxygens (including phenoxy) is 1. The summed E-state index contributed by atoms with van der Waals surface area (Å²) in [5, 5.41) is 14.7. The summed E-state index contributed by atoms with van der Waals surface area (Å²) in [5.74, 6) is 0.254. The van der Waals surface area contributed by atoms with Crippen molar-refractivity contribution in [1.29, 1.82) is 0 Å². The van der Waals surface area contributed by atoms with Crippen LogP contribution in [0.1, 0.15) is 31.9 Å². The van der Waals surface area contributed by atoms with E-state index in [1.54, 1.807) is 37.3 Å². The highest BCUT2D eigenvalue weighted by Crippen LogP contribution is 2.24. The molecule has 0 heterocycles. The first-order valence-electron chi connectivity index (χ1n) is 9.19. The molecule has 0 fully saturated rings. The molecule has 0 bridgehead atoms. The van der Waals surface area contributed by atoms with E-state index in [0.29, 0.717) is 16.3 Å². The van der Waals surface area contributed by atoms with Gasteiger partial charge in [-0.1, -0.05) is 11.6 Å². The fourth-order valence-corrected chi connectivity index (χ4v) is 2.75. The second-order valence-electron chi connectivity index (χ2n) is 6.32. The van der Waals surface area contributed by atoms with E-state index in [0.717, 1.165) is 24.3 Å². The monoisotopic (exact) mass is 403 g/mol. The number of nitrogens with zero attached hydrogens (tertiary/aromatic N) is 2. The van der Waals surface area contributed by atoms with Crippen LogP contribution in [0.2, 0.25) is 5.02 Å². The van der Waals surface area contributed by atoms with Gasteiger partial charge in [0, 0.05) is 35.4 Å². The van der Waals surface area contributed by atoms with Crippen molar-refractivity contribution in [2.75, 3.05) is 18.0 Å². The van der Waals surface area contributed by atoms with Crippen molar-refractivity contribution in [3.05, 3.63) is 52.5 Å². The molecule has 6 nitrogen and oxygen atoms in total. The molecule has 0 aliphatic heterocycles. The maximum atomic E-state index is 12.2. The predicted octanol–water partition coefficient (Wildman–Crippen LogP) is 4.12. The molecular weight excluding hydrogens is 378 g/mol. The fraction of sp³-hybridized carbons (Fsp3) is 0.333. The zero-order valence-electron chi connectivity index (χ0n) is 16.6. The topological polar surface area (TPSA) is 74.2 Å². The molecule has 2 aromatic rings. The molecule has 0 spiro atoms. The lowest BCUT2D eigenvalue weighted by molar-refractivity contribution is -0.127. The van der Waals surface area contributed by atoms with Gasteiger partial charge in [0.2, 0.25) is 0 Å². The first-order valence-corrected chi connectivity index (χ1v) is 9.57. The maximum absolute atomic E-state index is 12.2. The van der Waals surface area contributed by atoms with Crippen LogP contribution in [-0.2, 0) is 4.79 Å². The average Bonchev–Trinajstić information content (AvgIpc) is 2.67. The smallest absolute Gasteiger partial charge is 0.280 e. The summed E-state index contributed by atoms with van der Waals surface area (Å²) >= 11 is 5.99. The van der Waals surface area contributed by atoms with Gasteiger partial charge >= 0.3 is 0 Å². The minimum absolute atomic E-state index is 0.100. The van der Waals surface area contributed by atoms with E-state index >= 15 is 0 Å². The Hall–Kier alpha value is -2.73. The number of carbonyl (C=O) groups excluding carboxylic acids is 1. The molecule has 2 N–H and O–H groups in total. The van der Waals surface area contributed by atoms with Crippen LogP contribution in [0.15, 0.2) is 41.5 Å². The van der Waals surface area contributed by atoms with Crippen LogP contribution in [0.3, 0.4) is 0 Å². The number of hydrazone groups is 1. The van der Waals surface area contributed by atoms with Gasteiger partial charge in [0.05, 0.1) is 6.21 Å². The number of phenols is 1. The number of amides is 1. The lowest BCUT2D eigenvalue weighted by Gasteiger charge is -2.21. The fourth-order valence-electron chi connectivity index (χ4n) is 2.63. The third-order valence-electron chi connectivity index (χ3n) is 4.33. The van der Waals surface area contributed by atoms with Crippen LogP contribution >= 0.6 is 11.6 Å². The number of anilines is 1. The van der Waals surface area contributed by atoms with Crippen molar-refractivity contribution in [1.82, 2.24) is 5.43 Å². The molecule has 0 aromatic heterocycles. The summed E-state index contributed by atoms with van der Waals surface area (Å²) in [6.07, 6.45) is 0.662. The van der Waals surface area contributed by atoms with E-state index < -0.39 is 12.0 Å².